The maximum absolute atomic E-state index is 13.8. The second kappa shape index (κ2) is 8.37. The van der Waals surface area contributed by atoms with Crippen LogP contribution in [0.3, 0.4) is 0 Å². The Balaban J connectivity index is 1.79. The van der Waals surface area contributed by atoms with Crippen molar-refractivity contribution in [2.45, 2.75) is 42.3 Å². The third-order valence-electron chi connectivity index (χ3n) is 6.58. The molecule has 0 radical (unpaired) electrons. The van der Waals surface area contributed by atoms with Crippen LogP contribution in [0.25, 0.3) is 0 Å². The Hall–Kier alpha value is -3.40. The summed E-state index contributed by atoms with van der Waals surface area (Å²) in [5.74, 6) is -1.93. The SMILES string of the molecule is C[C@@H]1Sc2ccccc2[C@@H](N2CN([C@H](C)C(F)(F)F)C(=O)c3c(O)c(=O)ccn32)c2ccccc21. The van der Waals surface area contributed by atoms with Gasteiger partial charge in [0.25, 0.3) is 5.91 Å². The molecular formula is C25H22F3N3O3S. The van der Waals surface area contributed by atoms with Gasteiger partial charge in [-0.3, -0.25) is 19.3 Å². The summed E-state index contributed by atoms with van der Waals surface area (Å²) in [4.78, 5) is 27.0. The molecule has 0 aliphatic carbocycles. The maximum Gasteiger partial charge on any atom is 0.408 e. The van der Waals surface area contributed by atoms with Gasteiger partial charge in [0, 0.05) is 22.4 Å². The van der Waals surface area contributed by atoms with E-state index in [0.717, 1.165) is 34.6 Å². The van der Waals surface area contributed by atoms with E-state index in [-0.39, 0.29) is 5.25 Å². The first-order valence-corrected chi connectivity index (χ1v) is 11.9. The fourth-order valence-corrected chi connectivity index (χ4v) is 5.92. The third-order valence-corrected chi connectivity index (χ3v) is 7.81. The van der Waals surface area contributed by atoms with Gasteiger partial charge >= 0.3 is 6.18 Å². The third kappa shape index (κ3) is 3.76. The molecule has 182 valence electrons. The second-order valence-corrected chi connectivity index (χ2v) is 10.0. The summed E-state index contributed by atoms with van der Waals surface area (Å²) in [5, 5.41) is 12.2. The molecule has 3 heterocycles. The van der Waals surface area contributed by atoms with Crippen LogP contribution in [-0.4, -0.2) is 39.5 Å². The van der Waals surface area contributed by atoms with E-state index < -0.39 is 47.7 Å². The average molecular weight is 502 g/mol. The van der Waals surface area contributed by atoms with Crippen LogP contribution in [0.1, 0.15) is 52.3 Å². The Morgan fingerprint density at radius 1 is 1.00 bits per heavy atom. The van der Waals surface area contributed by atoms with Gasteiger partial charge in [-0.2, -0.15) is 13.2 Å². The molecule has 2 aromatic carbocycles. The topological polar surface area (TPSA) is 65.8 Å². The molecule has 5 rings (SSSR count). The van der Waals surface area contributed by atoms with Crippen LogP contribution in [-0.2, 0) is 0 Å². The Morgan fingerprint density at radius 3 is 2.31 bits per heavy atom. The molecule has 1 N–H and O–H groups in total. The smallest absolute Gasteiger partial charge is 0.408 e. The van der Waals surface area contributed by atoms with Crippen molar-refractivity contribution in [3.63, 3.8) is 0 Å². The highest BCUT2D eigenvalue weighted by Gasteiger charge is 2.47. The van der Waals surface area contributed by atoms with Gasteiger partial charge in [0.15, 0.2) is 11.4 Å². The van der Waals surface area contributed by atoms with Crippen molar-refractivity contribution in [2.75, 3.05) is 11.7 Å². The number of carbonyl (C=O) groups excluding carboxylic acids is 1. The molecule has 0 unspecified atom stereocenters. The number of aromatic hydroxyl groups is 1. The molecule has 0 saturated carbocycles. The van der Waals surface area contributed by atoms with E-state index in [9.17, 15) is 27.9 Å². The molecule has 0 spiro atoms. The lowest BCUT2D eigenvalue weighted by Crippen LogP contribution is -2.60. The summed E-state index contributed by atoms with van der Waals surface area (Å²) in [7, 11) is 0. The van der Waals surface area contributed by atoms with Crippen LogP contribution < -0.4 is 10.4 Å². The van der Waals surface area contributed by atoms with Gasteiger partial charge in [-0.1, -0.05) is 42.5 Å². The number of hydrogen-bond acceptors (Lipinski definition) is 5. The zero-order valence-corrected chi connectivity index (χ0v) is 19.7. The molecule has 0 bridgehead atoms. The van der Waals surface area contributed by atoms with E-state index in [1.807, 2.05) is 48.5 Å². The van der Waals surface area contributed by atoms with Crippen LogP contribution in [0.15, 0.2) is 70.5 Å². The number of hydrogen-bond donors (Lipinski definition) is 1. The molecule has 0 fully saturated rings. The van der Waals surface area contributed by atoms with E-state index in [0.29, 0.717) is 4.90 Å². The van der Waals surface area contributed by atoms with Gasteiger partial charge in [0.2, 0.25) is 5.43 Å². The van der Waals surface area contributed by atoms with Crippen LogP contribution in [0.5, 0.6) is 5.75 Å². The summed E-state index contributed by atoms with van der Waals surface area (Å²) in [6, 6.07) is 13.7. The zero-order valence-electron chi connectivity index (χ0n) is 18.9. The number of fused-ring (bicyclic) bond motifs is 3. The molecule has 6 nitrogen and oxygen atoms in total. The summed E-state index contributed by atoms with van der Waals surface area (Å²) >= 11 is 1.65. The van der Waals surface area contributed by atoms with E-state index in [1.54, 1.807) is 16.8 Å². The first-order valence-electron chi connectivity index (χ1n) is 11.0. The number of pyridine rings is 1. The number of amides is 1. The minimum absolute atomic E-state index is 0.0656. The number of thioether (sulfide) groups is 1. The number of nitrogens with zero attached hydrogens (tertiary/aromatic N) is 3. The molecule has 1 amide bonds. The molecule has 2 aliphatic rings. The lowest BCUT2D eigenvalue weighted by Gasteiger charge is -2.46. The Bertz CT molecular complexity index is 1370. The molecule has 10 heteroatoms. The zero-order chi connectivity index (χ0) is 25.1. The van der Waals surface area contributed by atoms with Gasteiger partial charge in [0.1, 0.15) is 12.7 Å². The first kappa shape index (κ1) is 23.3. The van der Waals surface area contributed by atoms with Gasteiger partial charge in [-0.25, -0.2) is 0 Å². The molecule has 3 aromatic rings. The lowest BCUT2D eigenvalue weighted by molar-refractivity contribution is -0.173. The summed E-state index contributed by atoms with van der Waals surface area (Å²) < 4.78 is 42.7. The predicted molar refractivity (Wildman–Crippen MR) is 126 cm³/mol. The van der Waals surface area contributed by atoms with Gasteiger partial charge in [-0.05, 0) is 36.6 Å². The number of rotatable bonds is 2. The van der Waals surface area contributed by atoms with Crippen molar-refractivity contribution in [3.8, 4) is 5.75 Å². The molecule has 1 aromatic heterocycles. The van der Waals surface area contributed by atoms with Gasteiger partial charge < -0.3 is 10.0 Å². The normalized spacial score (nSPS) is 20.5. The monoisotopic (exact) mass is 501 g/mol. The fraction of sp³-hybridized carbons (Fsp3) is 0.280. The van der Waals surface area contributed by atoms with Crippen LogP contribution >= 0.6 is 11.8 Å². The van der Waals surface area contributed by atoms with Crippen molar-refractivity contribution < 1.29 is 23.1 Å². The minimum atomic E-state index is -4.70. The van der Waals surface area contributed by atoms with Crippen LogP contribution in [0, 0.1) is 0 Å². The largest absolute Gasteiger partial charge is 0.502 e. The number of aromatic nitrogens is 1. The summed E-state index contributed by atoms with van der Waals surface area (Å²) in [6.45, 7) is 2.56. The van der Waals surface area contributed by atoms with E-state index >= 15 is 0 Å². The highest BCUT2D eigenvalue weighted by atomic mass is 32.2. The molecule has 35 heavy (non-hydrogen) atoms. The molecular weight excluding hydrogens is 479 g/mol. The average Bonchev–Trinajstić information content (AvgIpc) is 2.94. The van der Waals surface area contributed by atoms with Crippen molar-refractivity contribution >= 4 is 17.7 Å². The second-order valence-electron chi connectivity index (χ2n) is 8.62. The standard InChI is InChI=1S/C25H22F3N3O3S/c1-14-16-7-3-4-8-17(16)21(18-9-5-6-10-20(18)35-14)31-13-29(15(2)25(26,27)28)24(34)22-23(33)19(32)11-12-30(22)31/h3-12,14-15,21,33H,13H2,1-2H3/t14-,15+,21-/m0/s1. The van der Waals surface area contributed by atoms with Crippen LogP contribution in [0.4, 0.5) is 13.2 Å². The van der Waals surface area contributed by atoms with E-state index in [1.165, 1.54) is 10.9 Å². The Kier molecular flexibility index (Phi) is 5.58. The first-order chi connectivity index (χ1) is 16.6. The van der Waals surface area contributed by atoms with E-state index in [2.05, 4.69) is 6.92 Å². The predicted octanol–water partition coefficient (Wildman–Crippen LogP) is 4.81. The molecule has 0 saturated heterocycles. The quantitative estimate of drug-likeness (QED) is 0.546. The maximum atomic E-state index is 13.8. The van der Waals surface area contributed by atoms with Crippen molar-refractivity contribution in [1.82, 2.24) is 9.58 Å². The highest BCUT2D eigenvalue weighted by molar-refractivity contribution is 7.99. The number of alkyl halides is 3. The lowest BCUT2D eigenvalue weighted by atomic mass is 9.92. The van der Waals surface area contributed by atoms with Crippen molar-refractivity contribution in [3.05, 3.63) is 93.4 Å². The fourth-order valence-electron chi connectivity index (χ4n) is 4.72. The van der Waals surface area contributed by atoms with E-state index in [4.69, 9.17) is 0 Å². The van der Waals surface area contributed by atoms with Crippen molar-refractivity contribution in [1.29, 1.82) is 0 Å². The number of halogens is 3. The number of benzene rings is 2. The Morgan fingerprint density at radius 2 is 1.63 bits per heavy atom. The van der Waals surface area contributed by atoms with Gasteiger partial charge in [-0.15, -0.1) is 11.8 Å². The number of carbonyl (C=O) groups is 1. The summed E-state index contributed by atoms with van der Waals surface area (Å²) in [6.07, 6.45) is -3.37. The van der Waals surface area contributed by atoms with Crippen LogP contribution in [0.2, 0.25) is 0 Å². The Labute approximate surface area is 203 Å². The minimum Gasteiger partial charge on any atom is -0.502 e. The van der Waals surface area contributed by atoms with Crippen molar-refractivity contribution in [2.24, 2.45) is 0 Å². The van der Waals surface area contributed by atoms with Gasteiger partial charge in [0.05, 0.1) is 6.04 Å². The molecule has 2 aliphatic heterocycles. The summed E-state index contributed by atoms with van der Waals surface area (Å²) in [5.41, 5.74) is 1.41. The highest BCUT2D eigenvalue weighted by Crippen LogP contribution is 2.48. The molecule has 3 atom stereocenters.